The largest absolute Gasteiger partial charge is 0.325 e. The second-order valence-corrected chi connectivity index (χ2v) is 8.37. The molecule has 1 aliphatic heterocycles. The molecule has 0 saturated carbocycles. The molecule has 9 nitrogen and oxygen atoms in total. The number of para-hydroxylation sites is 1. The summed E-state index contributed by atoms with van der Waals surface area (Å²) in [5, 5.41) is 5.41. The second kappa shape index (κ2) is 7.47. The van der Waals surface area contributed by atoms with E-state index in [1.54, 1.807) is 30.8 Å². The first kappa shape index (κ1) is 20.7. The van der Waals surface area contributed by atoms with Gasteiger partial charge in [-0.3, -0.25) is 24.0 Å². The lowest BCUT2D eigenvalue weighted by molar-refractivity contribution is -0.134. The Kier molecular flexibility index (Phi) is 4.70. The average Bonchev–Trinajstić information content (AvgIpc) is 3.37. The number of carbonyl (C=O) groups is 3. The highest BCUT2D eigenvalue weighted by Gasteiger charge is 2.55. The van der Waals surface area contributed by atoms with Gasteiger partial charge in [0.25, 0.3) is 11.5 Å². The van der Waals surface area contributed by atoms with E-state index >= 15 is 0 Å². The third-order valence-corrected chi connectivity index (χ3v) is 6.54. The highest BCUT2D eigenvalue weighted by Crippen LogP contribution is 2.41. The molecule has 1 spiro atoms. The molecule has 2 aromatic carbocycles. The van der Waals surface area contributed by atoms with Gasteiger partial charge in [-0.15, -0.1) is 0 Å². The Morgan fingerprint density at radius 2 is 1.76 bits per heavy atom. The molecule has 33 heavy (non-hydrogen) atoms. The third kappa shape index (κ3) is 3.07. The molecule has 3 aromatic rings. The summed E-state index contributed by atoms with van der Waals surface area (Å²) in [6.07, 6.45) is 1.12. The van der Waals surface area contributed by atoms with Crippen molar-refractivity contribution in [1.29, 1.82) is 0 Å². The summed E-state index contributed by atoms with van der Waals surface area (Å²) in [7, 11) is 1.72. The lowest BCUT2D eigenvalue weighted by Crippen LogP contribution is -2.43. The molecule has 5 rings (SSSR count). The van der Waals surface area contributed by atoms with E-state index in [4.69, 9.17) is 0 Å². The SMILES string of the molecule is Cc1c(NC(=O)CN2C(=O)NC3(CCc4ccccc43)C2=O)c(=O)n(-c2ccccc2)n1C. The fourth-order valence-electron chi connectivity index (χ4n) is 4.77. The lowest BCUT2D eigenvalue weighted by Gasteiger charge is -2.22. The molecule has 2 heterocycles. The standard InChI is InChI=1S/C24H23N5O4/c1-15-20(21(31)29(27(15)2)17-9-4-3-5-10-17)25-19(30)14-28-22(32)24(26-23(28)33)13-12-16-8-6-7-11-18(16)24/h3-11H,12-14H2,1-2H3,(H,25,30)(H,26,33). The van der Waals surface area contributed by atoms with Crippen molar-refractivity contribution in [2.24, 2.45) is 7.05 Å². The molecule has 1 fully saturated rings. The zero-order valence-corrected chi connectivity index (χ0v) is 18.3. The number of imide groups is 1. The lowest BCUT2D eigenvalue weighted by atomic mass is 9.92. The maximum atomic E-state index is 13.3. The van der Waals surface area contributed by atoms with Gasteiger partial charge in [-0.25, -0.2) is 9.48 Å². The molecule has 0 radical (unpaired) electrons. The van der Waals surface area contributed by atoms with Crippen LogP contribution in [-0.4, -0.2) is 38.7 Å². The summed E-state index contributed by atoms with van der Waals surface area (Å²) in [6, 6.07) is 16.0. The van der Waals surface area contributed by atoms with Crippen LogP contribution in [0.3, 0.4) is 0 Å². The molecular formula is C24H23N5O4. The van der Waals surface area contributed by atoms with Crippen LogP contribution < -0.4 is 16.2 Å². The maximum Gasteiger partial charge on any atom is 0.325 e. The van der Waals surface area contributed by atoms with Gasteiger partial charge in [0.15, 0.2) is 0 Å². The number of hydrogen-bond acceptors (Lipinski definition) is 4. The molecule has 1 atom stereocenters. The van der Waals surface area contributed by atoms with Crippen molar-refractivity contribution in [1.82, 2.24) is 19.6 Å². The van der Waals surface area contributed by atoms with Crippen molar-refractivity contribution in [2.75, 3.05) is 11.9 Å². The van der Waals surface area contributed by atoms with Crippen molar-refractivity contribution in [2.45, 2.75) is 25.3 Å². The van der Waals surface area contributed by atoms with Gasteiger partial charge in [-0.05, 0) is 43.0 Å². The highest BCUT2D eigenvalue weighted by molar-refractivity contribution is 6.11. The topological polar surface area (TPSA) is 105 Å². The van der Waals surface area contributed by atoms with E-state index in [9.17, 15) is 19.2 Å². The molecule has 1 aromatic heterocycles. The highest BCUT2D eigenvalue weighted by atomic mass is 16.2. The zero-order chi connectivity index (χ0) is 23.3. The number of amides is 4. The van der Waals surface area contributed by atoms with Gasteiger partial charge < -0.3 is 10.6 Å². The Labute approximate surface area is 189 Å². The van der Waals surface area contributed by atoms with Gasteiger partial charge in [0.05, 0.1) is 11.4 Å². The molecule has 2 N–H and O–H groups in total. The van der Waals surface area contributed by atoms with Crippen molar-refractivity contribution >= 4 is 23.5 Å². The summed E-state index contributed by atoms with van der Waals surface area (Å²) in [4.78, 5) is 52.7. The van der Waals surface area contributed by atoms with E-state index in [1.165, 1.54) is 4.68 Å². The zero-order valence-electron chi connectivity index (χ0n) is 18.3. The van der Waals surface area contributed by atoms with E-state index in [2.05, 4.69) is 10.6 Å². The van der Waals surface area contributed by atoms with Gasteiger partial charge in [0, 0.05) is 7.05 Å². The molecular weight excluding hydrogens is 422 g/mol. The predicted octanol–water partition coefficient (Wildman–Crippen LogP) is 1.82. The fourth-order valence-corrected chi connectivity index (χ4v) is 4.77. The monoisotopic (exact) mass is 445 g/mol. The minimum atomic E-state index is -1.13. The molecule has 168 valence electrons. The summed E-state index contributed by atoms with van der Waals surface area (Å²) in [5.41, 5.74) is 1.58. The van der Waals surface area contributed by atoms with Crippen LogP contribution in [-0.2, 0) is 28.6 Å². The van der Waals surface area contributed by atoms with Crippen LogP contribution in [0.1, 0.15) is 23.2 Å². The summed E-state index contributed by atoms with van der Waals surface area (Å²) in [6.45, 7) is 1.24. The first-order valence-electron chi connectivity index (χ1n) is 10.7. The van der Waals surface area contributed by atoms with E-state index in [0.29, 0.717) is 24.2 Å². The number of nitrogens with one attached hydrogen (secondary N) is 2. The molecule has 2 aliphatic rings. The van der Waals surface area contributed by atoms with Gasteiger partial charge in [0.1, 0.15) is 17.8 Å². The van der Waals surface area contributed by atoms with Crippen LogP contribution in [0.15, 0.2) is 59.4 Å². The molecule has 1 unspecified atom stereocenters. The minimum Gasteiger partial charge on any atom is -0.319 e. The molecule has 1 saturated heterocycles. The second-order valence-electron chi connectivity index (χ2n) is 8.37. The quantitative estimate of drug-likeness (QED) is 0.598. The number of fused-ring (bicyclic) bond motifs is 2. The summed E-state index contributed by atoms with van der Waals surface area (Å²) < 4.78 is 3.09. The van der Waals surface area contributed by atoms with Crippen LogP contribution in [0, 0.1) is 6.92 Å². The molecule has 1 aliphatic carbocycles. The molecule has 9 heteroatoms. The van der Waals surface area contributed by atoms with E-state index in [0.717, 1.165) is 16.0 Å². The van der Waals surface area contributed by atoms with Gasteiger partial charge in [-0.2, -0.15) is 0 Å². The third-order valence-electron chi connectivity index (χ3n) is 6.54. The first-order valence-corrected chi connectivity index (χ1v) is 10.7. The van der Waals surface area contributed by atoms with Crippen LogP contribution in [0.5, 0.6) is 0 Å². The van der Waals surface area contributed by atoms with Crippen LogP contribution >= 0.6 is 0 Å². The number of rotatable bonds is 4. The Morgan fingerprint density at radius 1 is 1.06 bits per heavy atom. The number of hydrogen-bond donors (Lipinski definition) is 2. The number of carbonyl (C=O) groups excluding carboxylic acids is 3. The Bertz CT molecular complexity index is 1360. The van der Waals surface area contributed by atoms with Crippen molar-refractivity contribution < 1.29 is 14.4 Å². The molecule has 4 amide bonds. The van der Waals surface area contributed by atoms with Gasteiger partial charge >= 0.3 is 6.03 Å². The van der Waals surface area contributed by atoms with Crippen LogP contribution in [0.4, 0.5) is 10.5 Å². The van der Waals surface area contributed by atoms with Crippen molar-refractivity contribution in [3.8, 4) is 5.69 Å². The van der Waals surface area contributed by atoms with Crippen molar-refractivity contribution in [3.05, 3.63) is 81.8 Å². The van der Waals surface area contributed by atoms with E-state index in [-0.39, 0.29) is 5.69 Å². The van der Waals surface area contributed by atoms with Gasteiger partial charge in [0.2, 0.25) is 5.91 Å². The van der Waals surface area contributed by atoms with Crippen LogP contribution in [0.25, 0.3) is 5.69 Å². The number of anilines is 1. The van der Waals surface area contributed by atoms with E-state index in [1.807, 2.05) is 42.5 Å². The Morgan fingerprint density at radius 3 is 2.52 bits per heavy atom. The predicted molar refractivity (Wildman–Crippen MR) is 121 cm³/mol. The van der Waals surface area contributed by atoms with Gasteiger partial charge in [-0.1, -0.05) is 42.5 Å². The summed E-state index contributed by atoms with van der Waals surface area (Å²) >= 11 is 0. The number of benzene rings is 2. The van der Waals surface area contributed by atoms with E-state index < -0.39 is 35.5 Å². The summed E-state index contributed by atoms with van der Waals surface area (Å²) in [5.74, 6) is -1.06. The molecule has 0 bridgehead atoms. The Balaban J connectivity index is 1.38. The first-order chi connectivity index (χ1) is 15.8. The smallest absolute Gasteiger partial charge is 0.319 e. The maximum absolute atomic E-state index is 13.3. The van der Waals surface area contributed by atoms with Crippen molar-refractivity contribution in [3.63, 3.8) is 0 Å². The fraction of sp³-hybridized carbons (Fsp3) is 0.250. The number of nitrogens with zero attached hydrogens (tertiary/aromatic N) is 3. The Hall–Kier alpha value is -4.14. The average molecular weight is 445 g/mol. The van der Waals surface area contributed by atoms with Crippen LogP contribution in [0.2, 0.25) is 0 Å². The normalized spacial score (nSPS) is 19.2. The minimum absolute atomic E-state index is 0.110. The number of urea groups is 1. The number of aromatic nitrogens is 2. The number of aryl methyl sites for hydroxylation is 1.